The van der Waals surface area contributed by atoms with Crippen molar-refractivity contribution in [2.75, 3.05) is 0 Å². The highest BCUT2D eigenvalue weighted by Crippen LogP contribution is 2.41. The minimum absolute atomic E-state index is 1.18. The van der Waals surface area contributed by atoms with Gasteiger partial charge >= 0.3 is 0 Å². The first kappa shape index (κ1) is 20.4. The highest BCUT2D eigenvalue weighted by atomic mass is 15.0. The molecule has 0 aliphatic carbocycles. The molecule has 0 saturated carbocycles. The maximum atomic E-state index is 2.42. The van der Waals surface area contributed by atoms with E-state index in [2.05, 4.69) is 144 Å². The summed E-state index contributed by atoms with van der Waals surface area (Å²) in [6, 6.07) is 46.3. The lowest BCUT2D eigenvalue weighted by Gasteiger charge is -2.12. The van der Waals surface area contributed by atoms with Gasteiger partial charge in [-0.05, 0) is 52.7 Å². The molecule has 6 aromatic carbocycles. The van der Waals surface area contributed by atoms with Crippen LogP contribution in [-0.2, 0) is 7.05 Å². The van der Waals surface area contributed by atoms with Gasteiger partial charge in [0, 0.05) is 50.9 Å². The Bertz CT molecular complexity index is 2140. The van der Waals surface area contributed by atoms with Crippen molar-refractivity contribution < 1.29 is 0 Å². The summed E-state index contributed by atoms with van der Waals surface area (Å²) in [4.78, 5) is 0. The molecular formula is C35H24N2. The molecule has 0 fully saturated rings. The maximum Gasteiger partial charge on any atom is 0.0619 e. The van der Waals surface area contributed by atoms with E-state index >= 15 is 0 Å². The molecule has 0 amide bonds. The lowest BCUT2D eigenvalue weighted by atomic mass is 9.98. The van der Waals surface area contributed by atoms with Gasteiger partial charge in [-0.1, -0.05) is 91.0 Å². The Morgan fingerprint density at radius 1 is 0.486 bits per heavy atom. The molecule has 0 spiro atoms. The molecule has 2 heterocycles. The van der Waals surface area contributed by atoms with Crippen molar-refractivity contribution in [3.05, 3.63) is 127 Å². The normalized spacial score (nSPS) is 11.9. The first-order valence-electron chi connectivity index (χ1n) is 12.8. The minimum Gasteiger partial charge on any atom is -0.344 e. The van der Waals surface area contributed by atoms with Crippen molar-refractivity contribution in [3.63, 3.8) is 0 Å². The fourth-order valence-corrected chi connectivity index (χ4v) is 6.25. The Morgan fingerprint density at radius 2 is 1.22 bits per heavy atom. The van der Waals surface area contributed by atoms with Gasteiger partial charge in [0.25, 0.3) is 0 Å². The SMILES string of the molecule is Cn1c2ccc(-c3cccc4c5ccccc5n(-c5ccccc5)c34)cc2c2c3ccccc3ccc21. The second kappa shape index (κ2) is 7.59. The standard InChI is InChI=1S/C35H24N2/c1-36-31-20-19-24(22-30(31)34-26-13-6-5-10-23(26)18-21-33(34)36)27-15-9-16-29-28-14-7-8-17-32(28)37(35(27)29)25-11-3-2-4-12-25/h2-22H,1H3. The number of aromatic nitrogens is 2. The summed E-state index contributed by atoms with van der Waals surface area (Å²) < 4.78 is 4.74. The lowest BCUT2D eigenvalue weighted by molar-refractivity contribution is 1.01. The van der Waals surface area contributed by atoms with Crippen LogP contribution in [0.3, 0.4) is 0 Å². The molecule has 2 aromatic heterocycles. The van der Waals surface area contributed by atoms with Crippen molar-refractivity contribution >= 4 is 54.4 Å². The molecule has 0 saturated heterocycles. The van der Waals surface area contributed by atoms with E-state index in [-0.39, 0.29) is 0 Å². The largest absolute Gasteiger partial charge is 0.344 e. The Labute approximate surface area is 214 Å². The predicted molar refractivity (Wildman–Crippen MR) is 158 cm³/mol. The molecule has 2 nitrogen and oxygen atoms in total. The first-order chi connectivity index (χ1) is 18.3. The number of benzene rings is 6. The molecular weight excluding hydrogens is 448 g/mol. The van der Waals surface area contributed by atoms with E-state index < -0.39 is 0 Å². The topological polar surface area (TPSA) is 9.86 Å². The molecule has 0 atom stereocenters. The van der Waals surface area contributed by atoms with Gasteiger partial charge in [0.05, 0.1) is 11.0 Å². The molecule has 8 rings (SSSR count). The number of para-hydroxylation sites is 3. The third-order valence-corrected chi connectivity index (χ3v) is 7.92. The van der Waals surface area contributed by atoms with Crippen LogP contribution >= 0.6 is 0 Å². The van der Waals surface area contributed by atoms with Crippen LogP contribution in [0.2, 0.25) is 0 Å². The Balaban J connectivity index is 1.50. The van der Waals surface area contributed by atoms with Crippen LogP contribution < -0.4 is 0 Å². The van der Waals surface area contributed by atoms with Gasteiger partial charge in [0.1, 0.15) is 0 Å². The van der Waals surface area contributed by atoms with E-state index in [0.29, 0.717) is 0 Å². The average Bonchev–Trinajstić information content (AvgIpc) is 3.45. The Hall–Kier alpha value is -4.82. The fraction of sp³-hybridized carbons (Fsp3) is 0.0286. The van der Waals surface area contributed by atoms with E-state index in [0.717, 1.165) is 0 Å². The Morgan fingerprint density at radius 3 is 2.11 bits per heavy atom. The molecule has 37 heavy (non-hydrogen) atoms. The van der Waals surface area contributed by atoms with Crippen LogP contribution in [0.5, 0.6) is 0 Å². The van der Waals surface area contributed by atoms with Crippen molar-refractivity contribution in [1.82, 2.24) is 9.13 Å². The fourth-order valence-electron chi connectivity index (χ4n) is 6.25. The molecule has 2 heteroatoms. The molecule has 0 radical (unpaired) electrons. The monoisotopic (exact) mass is 472 g/mol. The molecule has 0 bridgehead atoms. The second-order valence-corrected chi connectivity index (χ2v) is 9.86. The van der Waals surface area contributed by atoms with Crippen LogP contribution in [0, 0.1) is 0 Å². The predicted octanol–water partition coefficient (Wildman–Crippen LogP) is 9.25. The summed E-state index contributed by atoms with van der Waals surface area (Å²) in [5.41, 5.74) is 8.66. The third kappa shape index (κ3) is 2.81. The third-order valence-electron chi connectivity index (χ3n) is 7.92. The summed E-state index contributed by atoms with van der Waals surface area (Å²) >= 11 is 0. The van der Waals surface area contributed by atoms with Crippen molar-refractivity contribution in [3.8, 4) is 16.8 Å². The van der Waals surface area contributed by atoms with Gasteiger partial charge in [0.15, 0.2) is 0 Å². The summed E-state index contributed by atoms with van der Waals surface area (Å²) in [7, 11) is 2.17. The summed E-state index contributed by atoms with van der Waals surface area (Å²) in [6.07, 6.45) is 0. The summed E-state index contributed by atoms with van der Waals surface area (Å²) in [5, 5.41) is 7.76. The Kier molecular flexibility index (Phi) is 4.18. The minimum atomic E-state index is 1.18. The number of nitrogens with zero attached hydrogens (tertiary/aromatic N) is 2. The van der Waals surface area contributed by atoms with Crippen molar-refractivity contribution in [2.24, 2.45) is 7.05 Å². The van der Waals surface area contributed by atoms with Gasteiger partial charge in [-0.15, -0.1) is 0 Å². The van der Waals surface area contributed by atoms with Gasteiger partial charge in [-0.3, -0.25) is 0 Å². The van der Waals surface area contributed by atoms with Gasteiger partial charge < -0.3 is 9.13 Å². The summed E-state index contributed by atoms with van der Waals surface area (Å²) in [6.45, 7) is 0. The molecule has 0 aliphatic rings. The molecule has 8 aromatic rings. The van der Waals surface area contributed by atoms with Crippen LogP contribution in [0.25, 0.3) is 71.2 Å². The molecule has 0 unspecified atom stereocenters. The first-order valence-corrected chi connectivity index (χ1v) is 12.8. The van der Waals surface area contributed by atoms with E-state index in [1.54, 1.807) is 0 Å². The number of aryl methyl sites for hydroxylation is 1. The highest BCUT2D eigenvalue weighted by Gasteiger charge is 2.18. The van der Waals surface area contributed by atoms with E-state index in [1.807, 2.05) is 0 Å². The van der Waals surface area contributed by atoms with Crippen LogP contribution in [-0.4, -0.2) is 9.13 Å². The van der Waals surface area contributed by atoms with Crippen LogP contribution in [0.1, 0.15) is 0 Å². The number of hydrogen-bond acceptors (Lipinski definition) is 0. The number of rotatable bonds is 2. The average molecular weight is 473 g/mol. The van der Waals surface area contributed by atoms with Crippen molar-refractivity contribution in [2.45, 2.75) is 0 Å². The van der Waals surface area contributed by atoms with Crippen LogP contribution in [0.4, 0.5) is 0 Å². The smallest absolute Gasteiger partial charge is 0.0619 e. The zero-order chi connectivity index (χ0) is 24.5. The van der Waals surface area contributed by atoms with Gasteiger partial charge in [-0.2, -0.15) is 0 Å². The molecule has 174 valence electrons. The number of fused-ring (bicyclic) bond motifs is 8. The van der Waals surface area contributed by atoms with E-state index in [9.17, 15) is 0 Å². The van der Waals surface area contributed by atoms with E-state index in [4.69, 9.17) is 0 Å². The number of hydrogen-bond donors (Lipinski definition) is 0. The highest BCUT2D eigenvalue weighted by molar-refractivity contribution is 6.22. The maximum absolute atomic E-state index is 2.42. The lowest BCUT2D eigenvalue weighted by Crippen LogP contribution is -1.95. The van der Waals surface area contributed by atoms with E-state index in [1.165, 1.54) is 71.2 Å². The molecule has 0 N–H and O–H groups in total. The van der Waals surface area contributed by atoms with Gasteiger partial charge in [-0.25, -0.2) is 0 Å². The quantitative estimate of drug-likeness (QED) is 0.237. The second-order valence-electron chi connectivity index (χ2n) is 9.86. The van der Waals surface area contributed by atoms with Gasteiger partial charge in [0.2, 0.25) is 0 Å². The zero-order valence-electron chi connectivity index (χ0n) is 20.5. The van der Waals surface area contributed by atoms with Crippen molar-refractivity contribution in [1.29, 1.82) is 0 Å². The zero-order valence-corrected chi connectivity index (χ0v) is 20.5. The molecule has 0 aliphatic heterocycles. The van der Waals surface area contributed by atoms with Crippen LogP contribution in [0.15, 0.2) is 127 Å². The summed E-state index contributed by atoms with van der Waals surface area (Å²) in [5.74, 6) is 0.